The third-order valence-corrected chi connectivity index (χ3v) is 11.3. The second-order valence-electron chi connectivity index (χ2n) is 14.7. The van der Waals surface area contributed by atoms with Crippen LogP contribution in [-0.4, -0.2) is 76.5 Å². The maximum absolute atomic E-state index is 13.1. The van der Waals surface area contributed by atoms with Crippen LogP contribution < -0.4 is 0 Å². The quantitative estimate of drug-likeness (QED) is 0.180. The van der Waals surface area contributed by atoms with Crippen LogP contribution in [0.4, 0.5) is 0 Å². The average molecular weight is 686 g/mol. The lowest BCUT2D eigenvalue weighted by Crippen LogP contribution is -2.48. The molecule has 4 aliphatic heterocycles. The van der Waals surface area contributed by atoms with Crippen LogP contribution in [0.1, 0.15) is 88.0 Å². The molecule has 0 spiro atoms. The number of hydrogen-bond acceptors (Lipinski definition) is 7. The van der Waals surface area contributed by atoms with Crippen LogP contribution in [0, 0.1) is 5.92 Å². The van der Waals surface area contributed by atoms with Gasteiger partial charge >= 0.3 is 0 Å². The maximum Gasteiger partial charge on any atom is 0.261 e. The number of rotatable bonds is 10. The standard InChI is InChI=1S/C43H47N3O5/c1-29-39(27-45-22-8-13-36(45)26-44-20-4-5-21-44)50-43(51-40(29)32-18-16-30(28-47)17-19-32)35-12-7-11-34(24-35)33-10-6-9-31(23-33)25-46-41(48)37-14-2-3-15-38(37)42(46)49/h2-3,6-7,9-12,14-19,23-24,29,36,39-40,43,47H,4-5,8,13,20-22,25-28H2,1H3. The van der Waals surface area contributed by atoms with Crippen molar-refractivity contribution in [2.75, 3.05) is 32.7 Å². The van der Waals surface area contributed by atoms with Crippen molar-refractivity contribution < 1.29 is 24.2 Å². The van der Waals surface area contributed by atoms with E-state index < -0.39 is 6.29 Å². The molecular formula is C43H47N3O5. The molecule has 4 aromatic carbocycles. The fourth-order valence-electron chi connectivity index (χ4n) is 8.44. The number of ether oxygens (including phenoxy) is 2. The number of fused-ring (bicyclic) bond motifs is 1. The van der Waals surface area contributed by atoms with Gasteiger partial charge in [0.1, 0.15) is 0 Å². The number of aliphatic hydroxyl groups is 1. The summed E-state index contributed by atoms with van der Waals surface area (Å²) in [6.45, 7) is 7.99. The summed E-state index contributed by atoms with van der Waals surface area (Å²) in [6, 6.07) is 32.0. The lowest BCUT2D eigenvalue weighted by Gasteiger charge is -2.43. The molecule has 0 saturated carbocycles. The summed E-state index contributed by atoms with van der Waals surface area (Å²) < 4.78 is 13.8. The Morgan fingerprint density at radius 1 is 0.706 bits per heavy atom. The number of imide groups is 1. The van der Waals surface area contributed by atoms with Gasteiger partial charge in [-0.15, -0.1) is 0 Å². The summed E-state index contributed by atoms with van der Waals surface area (Å²) in [5.41, 5.74) is 6.71. The first kappa shape index (κ1) is 33.9. The third kappa shape index (κ3) is 7.04. The average Bonchev–Trinajstić information content (AvgIpc) is 3.91. The monoisotopic (exact) mass is 685 g/mol. The first-order valence-corrected chi connectivity index (χ1v) is 18.6. The van der Waals surface area contributed by atoms with Crippen LogP contribution in [0.15, 0.2) is 97.1 Å². The molecule has 8 nitrogen and oxygen atoms in total. The Kier molecular flexibility index (Phi) is 9.86. The summed E-state index contributed by atoms with van der Waals surface area (Å²) in [6.07, 6.45) is 4.31. The lowest BCUT2D eigenvalue weighted by atomic mass is 9.89. The van der Waals surface area contributed by atoms with E-state index in [0.29, 0.717) is 17.2 Å². The van der Waals surface area contributed by atoms with Gasteiger partial charge in [-0.3, -0.25) is 19.4 Å². The fourth-order valence-corrected chi connectivity index (χ4v) is 8.44. The van der Waals surface area contributed by atoms with Crippen molar-refractivity contribution in [3.05, 3.63) is 130 Å². The van der Waals surface area contributed by atoms with Crippen molar-refractivity contribution in [2.24, 2.45) is 5.92 Å². The van der Waals surface area contributed by atoms with Crippen molar-refractivity contribution in [1.29, 1.82) is 0 Å². The summed E-state index contributed by atoms with van der Waals surface area (Å²) in [4.78, 5) is 32.7. The largest absolute Gasteiger partial charge is 0.392 e. The first-order valence-electron chi connectivity index (χ1n) is 18.6. The molecule has 3 saturated heterocycles. The van der Waals surface area contributed by atoms with E-state index in [1.807, 2.05) is 30.3 Å². The van der Waals surface area contributed by atoms with Crippen LogP contribution in [0.5, 0.6) is 0 Å². The second-order valence-corrected chi connectivity index (χ2v) is 14.7. The molecule has 4 aromatic rings. The van der Waals surface area contributed by atoms with Crippen molar-refractivity contribution in [1.82, 2.24) is 14.7 Å². The third-order valence-electron chi connectivity index (χ3n) is 11.3. The minimum Gasteiger partial charge on any atom is -0.392 e. The Labute approximate surface area is 300 Å². The molecule has 0 aliphatic carbocycles. The molecule has 3 fully saturated rings. The summed E-state index contributed by atoms with van der Waals surface area (Å²) in [7, 11) is 0. The van der Waals surface area contributed by atoms with Crippen LogP contribution in [0.25, 0.3) is 11.1 Å². The number of hydrogen-bond donors (Lipinski definition) is 1. The minimum absolute atomic E-state index is 0.00930. The molecule has 51 heavy (non-hydrogen) atoms. The fraction of sp³-hybridized carbons (Fsp3) is 0.395. The molecule has 4 heterocycles. The van der Waals surface area contributed by atoms with Crippen LogP contribution in [0.3, 0.4) is 0 Å². The smallest absolute Gasteiger partial charge is 0.261 e. The van der Waals surface area contributed by atoms with E-state index in [4.69, 9.17) is 9.47 Å². The highest BCUT2D eigenvalue weighted by Crippen LogP contribution is 2.43. The van der Waals surface area contributed by atoms with Gasteiger partial charge in [-0.25, -0.2) is 0 Å². The number of benzene rings is 4. The second kappa shape index (κ2) is 14.8. The van der Waals surface area contributed by atoms with Crippen LogP contribution in [0.2, 0.25) is 0 Å². The van der Waals surface area contributed by atoms with Gasteiger partial charge in [0.25, 0.3) is 11.8 Å². The number of nitrogens with zero attached hydrogens (tertiary/aromatic N) is 3. The predicted octanol–water partition coefficient (Wildman–Crippen LogP) is 6.99. The van der Waals surface area contributed by atoms with Gasteiger partial charge in [0, 0.05) is 30.6 Å². The van der Waals surface area contributed by atoms with Crippen LogP contribution in [-0.2, 0) is 22.6 Å². The molecule has 1 N–H and O–H groups in total. The summed E-state index contributed by atoms with van der Waals surface area (Å²) >= 11 is 0. The Balaban J connectivity index is 1.04. The van der Waals surface area contributed by atoms with Crippen molar-refractivity contribution in [3.8, 4) is 11.1 Å². The SMILES string of the molecule is CC1C(CN2CCCC2CN2CCCC2)OC(c2cccc(-c3cccc(CN4C(=O)c5ccccc5C4=O)c3)c2)OC1c1ccc(CO)cc1. The molecule has 264 valence electrons. The number of carbonyl (C=O) groups is 2. The van der Waals surface area contributed by atoms with Gasteiger partial charge in [-0.05, 0) is 97.4 Å². The highest BCUT2D eigenvalue weighted by Gasteiger charge is 2.41. The summed E-state index contributed by atoms with van der Waals surface area (Å²) in [5.74, 6) is -0.387. The number of likely N-dealkylation sites (tertiary alicyclic amines) is 2. The molecule has 8 rings (SSSR count). The highest BCUT2D eigenvalue weighted by molar-refractivity contribution is 6.21. The van der Waals surface area contributed by atoms with E-state index in [2.05, 4.69) is 59.2 Å². The zero-order chi connectivity index (χ0) is 34.9. The molecule has 5 atom stereocenters. The molecule has 0 radical (unpaired) electrons. The van der Waals surface area contributed by atoms with Gasteiger partial charge in [0.05, 0.1) is 36.5 Å². The van der Waals surface area contributed by atoms with Crippen molar-refractivity contribution >= 4 is 11.8 Å². The molecule has 2 amide bonds. The highest BCUT2D eigenvalue weighted by atomic mass is 16.7. The Morgan fingerprint density at radius 2 is 1.41 bits per heavy atom. The molecule has 8 heteroatoms. The molecule has 4 aliphatic rings. The lowest BCUT2D eigenvalue weighted by molar-refractivity contribution is -0.276. The van der Waals surface area contributed by atoms with Crippen molar-refractivity contribution in [2.45, 2.75) is 70.3 Å². The summed E-state index contributed by atoms with van der Waals surface area (Å²) in [5, 5.41) is 9.69. The number of aliphatic hydroxyl groups excluding tert-OH is 1. The van der Waals surface area contributed by atoms with Gasteiger partial charge in [0.15, 0.2) is 6.29 Å². The molecular weight excluding hydrogens is 638 g/mol. The Morgan fingerprint density at radius 3 is 2.14 bits per heavy atom. The normalized spacial score (nSPS) is 25.5. The van der Waals surface area contributed by atoms with E-state index in [1.54, 1.807) is 24.3 Å². The zero-order valence-electron chi connectivity index (χ0n) is 29.3. The number of carbonyl (C=O) groups excluding carboxylic acids is 2. The number of amides is 2. The van der Waals surface area contributed by atoms with E-state index in [1.165, 1.54) is 43.7 Å². The topological polar surface area (TPSA) is 82.6 Å². The zero-order valence-corrected chi connectivity index (χ0v) is 29.3. The van der Waals surface area contributed by atoms with Gasteiger partial charge in [-0.1, -0.05) is 79.7 Å². The van der Waals surface area contributed by atoms with Gasteiger partial charge in [-0.2, -0.15) is 0 Å². The predicted molar refractivity (Wildman–Crippen MR) is 196 cm³/mol. The van der Waals surface area contributed by atoms with Crippen LogP contribution >= 0.6 is 0 Å². The Hall–Kier alpha value is -4.18. The van der Waals surface area contributed by atoms with Gasteiger partial charge in [0.2, 0.25) is 0 Å². The molecule has 0 aromatic heterocycles. The van der Waals surface area contributed by atoms with E-state index in [0.717, 1.165) is 53.0 Å². The minimum atomic E-state index is -0.560. The van der Waals surface area contributed by atoms with Gasteiger partial charge < -0.3 is 19.5 Å². The van der Waals surface area contributed by atoms with Crippen molar-refractivity contribution in [3.63, 3.8) is 0 Å². The molecule has 0 bridgehead atoms. The maximum atomic E-state index is 13.1. The van der Waals surface area contributed by atoms with E-state index in [9.17, 15) is 14.7 Å². The first-order chi connectivity index (χ1) is 24.9. The molecule has 5 unspecified atom stereocenters. The van der Waals surface area contributed by atoms with E-state index in [-0.39, 0.29) is 43.1 Å². The van der Waals surface area contributed by atoms with E-state index >= 15 is 0 Å². The Bertz CT molecular complexity index is 1840.